The first-order chi connectivity index (χ1) is 8.40. The molecule has 0 fully saturated rings. The average Bonchev–Trinajstić information content (AvgIpc) is 2.81. The van der Waals surface area contributed by atoms with E-state index in [4.69, 9.17) is 4.74 Å². The Bertz CT molecular complexity index is 349. The van der Waals surface area contributed by atoms with Gasteiger partial charge in [0.25, 0.3) is 0 Å². The maximum atomic E-state index is 5.77. The standard InChI is InChI=1S/C15H23NO/c1-2-9-16-10-4-11-17-15-8-7-13-5-3-6-14(13)12-15/h7-8,12,16H,2-6,9-11H2,1H3. The van der Waals surface area contributed by atoms with Gasteiger partial charge in [-0.2, -0.15) is 0 Å². The molecule has 2 nitrogen and oxygen atoms in total. The predicted molar refractivity (Wildman–Crippen MR) is 71.7 cm³/mol. The van der Waals surface area contributed by atoms with E-state index in [1.807, 2.05) is 0 Å². The van der Waals surface area contributed by atoms with Crippen LogP contribution in [0.2, 0.25) is 0 Å². The lowest BCUT2D eigenvalue weighted by molar-refractivity contribution is 0.308. The number of benzene rings is 1. The van der Waals surface area contributed by atoms with Crippen molar-refractivity contribution in [3.63, 3.8) is 0 Å². The molecule has 0 aliphatic heterocycles. The van der Waals surface area contributed by atoms with E-state index in [1.165, 1.54) is 36.8 Å². The molecule has 0 saturated heterocycles. The van der Waals surface area contributed by atoms with Crippen LogP contribution in [-0.4, -0.2) is 19.7 Å². The lowest BCUT2D eigenvalue weighted by Crippen LogP contribution is -2.18. The molecule has 1 N–H and O–H groups in total. The van der Waals surface area contributed by atoms with Crippen LogP contribution in [0.5, 0.6) is 5.75 Å². The van der Waals surface area contributed by atoms with Crippen LogP contribution in [0.15, 0.2) is 18.2 Å². The molecule has 0 atom stereocenters. The molecule has 0 spiro atoms. The number of fused-ring (bicyclic) bond motifs is 1. The number of nitrogens with one attached hydrogen (secondary N) is 1. The summed E-state index contributed by atoms with van der Waals surface area (Å²) in [7, 11) is 0. The Morgan fingerprint density at radius 1 is 1.18 bits per heavy atom. The Hall–Kier alpha value is -1.02. The third-order valence-electron chi connectivity index (χ3n) is 3.26. The van der Waals surface area contributed by atoms with Crippen molar-refractivity contribution in [2.75, 3.05) is 19.7 Å². The summed E-state index contributed by atoms with van der Waals surface area (Å²) in [5.41, 5.74) is 3.01. The number of hydrogen-bond donors (Lipinski definition) is 1. The first-order valence-corrected chi connectivity index (χ1v) is 6.85. The van der Waals surface area contributed by atoms with Gasteiger partial charge >= 0.3 is 0 Å². The summed E-state index contributed by atoms with van der Waals surface area (Å²) >= 11 is 0. The molecule has 0 unspecified atom stereocenters. The molecule has 1 aliphatic rings. The zero-order chi connectivity index (χ0) is 11.9. The highest BCUT2D eigenvalue weighted by Crippen LogP contribution is 2.25. The molecule has 2 heteroatoms. The fourth-order valence-corrected chi connectivity index (χ4v) is 2.33. The van der Waals surface area contributed by atoms with Crippen molar-refractivity contribution in [2.24, 2.45) is 0 Å². The van der Waals surface area contributed by atoms with Gasteiger partial charge in [0.15, 0.2) is 0 Å². The first kappa shape index (κ1) is 12.4. The second-order valence-corrected chi connectivity index (χ2v) is 4.74. The summed E-state index contributed by atoms with van der Waals surface area (Å²) in [5.74, 6) is 1.04. The highest BCUT2D eigenvalue weighted by Gasteiger charge is 2.10. The maximum Gasteiger partial charge on any atom is 0.119 e. The third-order valence-corrected chi connectivity index (χ3v) is 3.26. The molecule has 2 rings (SSSR count). The van der Waals surface area contributed by atoms with Crippen LogP contribution in [0.4, 0.5) is 0 Å². The molecule has 0 bridgehead atoms. The van der Waals surface area contributed by atoms with Crippen LogP contribution < -0.4 is 10.1 Å². The average molecular weight is 233 g/mol. The van der Waals surface area contributed by atoms with Gasteiger partial charge in [0.1, 0.15) is 5.75 Å². The Labute approximate surface area is 104 Å². The highest BCUT2D eigenvalue weighted by atomic mass is 16.5. The number of ether oxygens (including phenoxy) is 1. The fraction of sp³-hybridized carbons (Fsp3) is 0.600. The Morgan fingerprint density at radius 3 is 2.94 bits per heavy atom. The summed E-state index contributed by atoms with van der Waals surface area (Å²) in [6, 6.07) is 6.57. The Kier molecular flexibility index (Phi) is 4.87. The summed E-state index contributed by atoms with van der Waals surface area (Å²) in [4.78, 5) is 0. The Morgan fingerprint density at radius 2 is 2.06 bits per heavy atom. The van der Waals surface area contributed by atoms with E-state index >= 15 is 0 Å². The van der Waals surface area contributed by atoms with E-state index < -0.39 is 0 Å². The van der Waals surface area contributed by atoms with Crippen molar-refractivity contribution in [1.29, 1.82) is 0 Å². The lowest BCUT2D eigenvalue weighted by atomic mass is 10.1. The van der Waals surface area contributed by atoms with E-state index in [-0.39, 0.29) is 0 Å². The SMILES string of the molecule is CCCNCCCOc1ccc2c(c1)CCC2. The molecule has 1 aliphatic carbocycles. The molecule has 1 aromatic rings. The van der Waals surface area contributed by atoms with Crippen LogP contribution >= 0.6 is 0 Å². The van der Waals surface area contributed by atoms with Crippen LogP contribution in [0.1, 0.15) is 37.3 Å². The zero-order valence-electron chi connectivity index (χ0n) is 10.8. The largest absolute Gasteiger partial charge is 0.494 e. The second kappa shape index (κ2) is 6.65. The predicted octanol–water partition coefficient (Wildman–Crippen LogP) is 2.94. The molecule has 17 heavy (non-hydrogen) atoms. The molecule has 94 valence electrons. The highest BCUT2D eigenvalue weighted by molar-refractivity contribution is 5.38. The molecule has 0 saturated carbocycles. The smallest absolute Gasteiger partial charge is 0.119 e. The van der Waals surface area contributed by atoms with E-state index in [2.05, 4.69) is 30.4 Å². The minimum absolute atomic E-state index is 0.815. The minimum Gasteiger partial charge on any atom is -0.494 e. The number of hydrogen-bond acceptors (Lipinski definition) is 2. The van der Waals surface area contributed by atoms with Gasteiger partial charge in [-0.3, -0.25) is 0 Å². The van der Waals surface area contributed by atoms with Crippen LogP contribution in [0.25, 0.3) is 0 Å². The lowest BCUT2D eigenvalue weighted by Gasteiger charge is -2.08. The van der Waals surface area contributed by atoms with Crippen molar-refractivity contribution in [1.82, 2.24) is 5.32 Å². The number of aryl methyl sites for hydroxylation is 2. The zero-order valence-corrected chi connectivity index (χ0v) is 10.8. The minimum atomic E-state index is 0.815. The van der Waals surface area contributed by atoms with E-state index in [9.17, 15) is 0 Å². The van der Waals surface area contributed by atoms with Gasteiger partial charge in [0.05, 0.1) is 6.61 Å². The summed E-state index contributed by atoms with van der Waals surface area (Å²) in [5, 5.41) is 3.38. The monoisotopic (exact) mass is 233 g/mol. The van der Waals surface area contributed by atoms with Crippen LogP contribution in [0.3, 0.4) is 0 Å². The van der Waals surface area contributed by atoms with Gasteiger partial charge in [0.2, 0.25) is 0 Å². The topological polar surface area (TPSA) is 21.3 Å². The van der Waals surface area contributed by atoms with Crippen molar-refractivity contribution in [3.05, 3.63) is 29.3 Å². The number of rotatable bonds is 7. The molecule has 0 amide bonds. The molecule has 1 aromatic carbocycles. The maximum absolute atomic E-state index is 5.77. The molecule has 0 heterocycles. The van der Waals surface area contributed by atoms with Crippen molar-refractivity contribution in [2.45, 2.75) is 39.0 Å². The van der Waals surface area contributed by atoms with Gasteiger partial charge in [0, 0.05) is 0 Å². The van der Waals surface area contributed by atoms with Crippen molar-refractivity contribution >= 4 is 0 Å². The van der Waals surface area contributed by atoms with Crippen molar-refractivity contribution in [3.8, 4) is 5.75 Å². The van der Waals surface area contributed by atoms with Crippen LogP contribution in [-0.2, 0) is 12.8 Å². The molecular weight excluding hydrogens is 210 g/mol. The normalized spacial score (nSPS) is 13.7. The third kappa shape index (κ3) is 3.74. The van der Waals surface area contributed by atoms with E-state index in [0.29, 0.717) is 0 Å². The van der Waals surface area contributed by atoms with E-state index in [1.54, 1.807) is 0 Å². The van der Waals surface area contributed by atoms with Crippen molar-refractivity contribution < 1.29 is 4.74 Å². The molecule has 0 aromatic heterocycles. The molecular formula is C15H23NO. The molecule has 0 radical (unpaired) electrons. The first-order valence-electron chi connectivity index (χ1n) is 6.85. The van der Waals surface area contributed by atoms with Gasteiger partial charge < -0.3 is 10.1 Å². The summed E-state index contributed by atoms with van der Waals surface area (Å²) in [6.07, 6.45) is 6.06. The van der Waals surface area contributed by atoms with Gasteiger partial charge in [-0.15, -0.1) is 0 Å². The summed E-state index contributed by atoms with van der Waals surface area (Å²) in [6.45, 7) is 5.17. The van der Waals surface area contributed by atoms with E-state index in [0.717, 1.165) is 31.9 Å². The van der Waals surface area contributed by atoms with Crippen LogP contribution in [0, 0.1) is 0 Å². The van der Waals surface area contributed by atoms with Gasteiger partial charge in [-0.25, -0.2) is 0 Å². The van der Waals surface area contributed by atoms with Gasteiger partial charge in [-0.05, 0) is 68.5 Å². The van der Waals surface area contributed by atoms with Gasteiger partial charge in [-0.1, -0.05) is 13.0 Å². The Balaban J connectivity index is 1.69. The fourth-order valence-electron chi connectivity index (χ4n) is 2.33. The summed E-state index contributed by atoms with van der Waals surface area (Å²) < 4.78 is 5.77. The quantitative estimate of drug-likeness (QED) is 0.731. The second-order valence-electron chi connectivity index (χ2n) is 4.74.